The van der Waals surface area contributed by atoms with Gasteiger partial charge < -0.3 is 0 Å². The second-order valence-corrected chi connectivity index (χ2v) is 7.00. The van der Waals surface area contributed by atoms with Crippen molar-refractivity contribution in [3.05, 3.63) is 102 Å². The molecule has 120 valence electrons. The van der Waals surface area contributed by atoms with E-state index in [0.717, 1.165) is 5.56 Å². The fourth-order valence-electron chi connectivity index (χ4n) is 2.75. The number of thioether (sulfide) groups is 1. The number of rotatable bonds is 6. The lowest BCUT2D eigenvalue weighted by atomic mass is 9.92. The van der Waals surface area contributed by atoms with Crippen LogP contribution in [0.3, 0.4) is 0 Å². The van der Waals surface area contributed by atoms with Gasteiger partial charge in [0, 0.05) is 21.6 Å². The van der Waals surface area contributed by atoms with Crippen molar-refractivity contribution in [1.82, 2.24) is 0 Å². The molecule has 1 nitrogen and oxygen atoms in total. The first-order chi connectivity index (χ1) is 11.8. The molecule has 2 heteroatoms. The molecule has 24 heavy (non-hydrogen) atoms. The Morgan fingerprint density at radius 2 is 1.25 bits per heavy atom. The molecule has 3 aromatic carbocycles. The Morgan fingerprint density at radius 1 is 0.750 bits per heavy atom. The standard InChI is InChI=1S/C22H20OS/c1-17(21(23)18-11-5-2-6-12-18)22(19-13-7-3-8-14-19)24-20-15-9-4-10-16-20/h2-17,22H,1H3. The SMILES string of the molecule is CC(C(=O)c1ccccc1)C(Sc1ccccc1)c1ccccc1. The average Bonchev–Trinajstić information content (AvgIpc) is 2.67. The summed E-state index contributed by atoms with van der Waals surface area (Å²) in [5.74, 6) is 0.0768. The first-order valence-electron chi connectivity index (χ1n) is 8.11. The van der Waals surface area contributed by atoms with Crippen LogP contribution in [0, 0.1) is 5.92 Å². The third-order valence-corrected chi connectivity index (χ3v) is 5.54. The fourth-order valence-corrected chi connectivity index (χ4v) is 3.98. The molecule has 0 saturated carbocycles. The largest absolute Gasteiger partial charge is 0.294 e. The van der Waals surface area contributed by atoms with Crippen LogP contribution < -0.4 is 0 Å². The summed E-state index contributed by atoms with van der Waals surface area (Å²) in [6, 6.07) is 30.1. The van der Waals surface area contributed by atoms with Gasteiger partial charge in [0.1, 0.15) is 0 Å². The van der Waals surface area contributed by atoms with Gasteiger partial charge in [0.2, 0.25) is 0 Å². The molecule has 0 amide bonds. The minimum Gasteiger partial charge on any atom is -0.294 e. The third-order valence-electron chi connectivity index (χ3n) is 4.06. The van der Waals surface area contributed by atoms with Crippen molar-refractivity contribution in [2.45, 2.75) is 17.1 Å². The summed E-state index contributed by atoms with van der Waals surface area (Å²) in [6.45, 7) is 2.03. The van der Waals surface area contributed by atoms with E-state index < -0.39 is 0 Å². The Labute approximate surface area is 147 Å². The lowest BCUT2D eigenvalue weighted by Crippen LogP contribution is -2.18. The first-order valence-corrected chi connectivity index (χ1v) is 8.99. The van der Waals surface area contributed by atoms with Gasteiger partial charge in [-0.05, 0) is 17.7 Å². The average molecular weight is 332 g/mol. The van der Waals surface area contributed by atoms with E-state index in [2.05, 4.69) is 24.3 Å². The molecule has 0 spiro atoms. The van der Waals surface area contributed by atoms with E-state index in [0.29, 0.717) is 0 Å². The highest BCUT2D eigenvalue weighted by atomic mass is 32.2. The molecule has 0 bridgehead atoms. The predicted octanol–water partition coefficient (Wildman–Crippen LogP) is 6.04. The van der Waals surface area contributed by atoms with Crippen LogP contribution in [-0.4, -0.2) is 5.78 Å². The summed E-state index contributed by atoms with van der Waals surface area (Å²) in [4.78, 5) is 14.1. The van der Waals surface area contributed by atoms with Crippen molar-refractivity contribution in [2.75, 3.05) is 0 Å². The summed E-state index contributed by atoms with van der Waals surface area (Å²) in [6.07, 6.45) is 0. The molecule has 2 unspecified atom stereocenters. The van der Waals surface area contributed by atoms with Gasteiger partial charge in [-0.3, -0.25) is 4.79 Å². The topological polar surface area (TPSA) is 17.1 Å². The maximum Gasteiger partial charge on any atom is 0.167 e. The fraction of sp³-hybridized carbons (Fsp3) is 0.136. The van der Waals surface area contributed by atoms with Crippen LogP contribution in [0.1, 0.15) is 28.1 Å². The summed E-state index contributed by atoms with van der Waals surface area (Å²) in [5.41, 5.74) is 1.96. The summed E-state index contributed by atoms with van der Waals surface area (Å²) >= 11 is 1.75. The molecule has 0 aliphatic carbocycles. The zero-order valence-corrected chi connectivity index (χ0v) is 14.4. The second kappa shape index (κ2) is 7.98. The number of ketones is 1. The van der Waals surface area contributed by atoms with E-state index in [-0.39, 0.29) is 17.0 Å². The van der Waals surface area contributed by atoms with Gasteiger partial charge in [0.15, 0.2) is 5.78 Å². The van der Waals surface area contributed by atoms with Gasteiger partial charge in [-0.1, -0.05) is 85.8 Å². The zero-order valence-electron chi connectivity index (χ0n) is 13.6. The lowest BCUT2D eigenvalue weighted by molar-refractivity contribution is 0.0928. The quantitative estimate of drug-likeness (QED) is 0.404. The van der Waals surface area contributed by atoms with E-state index in [1.165, 1.54) is 10.5 Å². The van der Waals surface area contributed by atoms with Gasteiger partial charge in [0.05, 0.1) is 0 Å². The van der Waals surface area contributed by atoms with Crippen molar-refractivity contribution in [1.29, 1.82) is 0 Å². The maximum absolute atomic E-state index is 12.9. The number of hydrogen-bond acceptors (Lipinski definition) is 2. The minimum absolute atomic E-state index is 0.0845. The lowest BCUT2D eigenvalue weighted by Gasteiger charge is -2.23. The van der Waals surface area contributed by atoms with E-state index in [4.69, 9.17) is 0 Å². The van der Waals surface area contributed by atoms with E-state index in [1.54, 1.807) is 11.8 Å². The number of carbonyl (C=O) groups is 1. The molecule has 0 aliphatic rings. The third kappa shape index (κ3) is 3.95. The minimum atomic E-state index is -0.111. The van der Waals surface area contributed by atoms with Gasteiger partial charge >= 0.3 is 0 Å². The molecule has 0 fully saturated rings. The van der Waals surface area contributed by atoms with E-state index in [9.17, 15) is 4.79 Å². The summed E-state index contributed by atoms with van der Waals surface area (Å²) < 4.78 is 0. The highest BCUT2D eigenvalue weighted by molar-refractivity contribution is 7.99. The smallest absolute Gasteiger partial charge is 0.167 e. The van der Waals surface area contributed by atoms with Gasteiger partial charge in [-0.2, -0.15) is 0 Å². The Kier molecular flexibility index (Phi) is 5.50. The molecule has 2 atom stereocenters. The highest BCUT2D eigenvalue weighted by Gasteiger charge is 2.27. The molecular formula is C22H20OS. The Morgan fingerprint density at radius 3 is 1.83 bits per heavy atom. The van der Waals surface area contributed by atoms with Crippen molar-refractivity contribution in [2.24, 2.45) is 5.92 Å². The Hall–Kier alpha value is -2.32. The molecule has 3 rings (SSSR count). The molecular weight excluding hydrogens is 312 g/mol. The second-order valence-electron chi connectivity index (χ2n) is 5.78. The number of Topliss-reactive ketones (excluding diaryl/α,β-unsaturated/α-hetero) is 1. The van der Waals surface area contributed by atoms with Crippen molar-refractivity contribution >= 4 is 17.5 Å². The zero-order chi connectivity index (χ0) is 16.8. The molecule has 0 radical (unpaired) electrons. The summed E-state index contributed by atoms with van der Waals surface area (Å²) in [7, 11) is 0. The van der Waals surface area contributed by atoms with Gasteiger partial charge in [-0.25, -0.2) is 0 Å². The number of benzene rings is 3. The molecule has 0 aliphatic heterocycles. The number of hydrogen-bond donors (Lipinski definition) is 0. The van der Waals surface area contributed by atoms with E-state index in [1.807, 2.05) is 73.7 Å². The maximum atomic E-state index is 12.9. The van der Waals surface area contributed by atoms with Crippen molar-refractivity contribution in [3.63, 3.8) is 0 Å². The molecule has 0 saturated heterocycles. The Balaban J connectivity index is 1.90. The van der Waals surface area contributed by atoms with E-state index >= 15 is 0 Å². The van der Waals surface area contributed by atoms with Crippen LogP contribution in [0.15, 0.2) is 95.9 Å². The van der Waals surface area contributed by atoms with Crippen LogP contribution in [0.2, 0.25) is 0 Å². The predicted molar refractivity (Wildman–Crippen MR) is 101 cm³/mol. The highest BCUT2D eigenvalue weighted by Crippen LogP contribution is 2.41. The van der Waals surface area contributed by atoms with Crippen LogP contribution in [0.4, 0.5) is 0 Å². The van der Waals surface area contributed by atoms with Crippen LogP contribution in [0.5, 0.6) is 0 Å². The molecule has 0 N–H and O–H groups in total. The van der Waals surface area contributed by atoms with Crippen LogP contribution in [-0.2, 0) is 0 Å². The molecule has 0 heterocycles. The van der Waals surface area contributed by atoms with Gasteiger partial charge in [0.25, 0.3) is 0 Å². The first kappa shape index (κ1) is 16.5. The number of carbonyl (C=O) groups excluding carboxylic acids is 1. The summed E-state index contributed by atoms with van der Waals surface area (Å²) in [5, 5.41) is 0.0845. The normalized spacial score (nSPS) is 13.2. The van der Waals surface area contributed by atoms with Crippen molar-refractivity contribution < 1.29 is 4.79 Å². The molecule has 3 aromatic rings. The Bertz CT molecular complexity index is 769. The monoisotopic (exact) mass is 332 g/mol. The molecule has 0 aromatic heterocycles. The van der Waals surface area contributed by atoms with Crippen LogP contribution in [0.25, 0.3) is 0 Å². The van der Waals surface area contributed by atoms with Crippen molar-refractivity contribution in [3.8, 4) is 0 Å². The van der Waals surface area contributed by atoms with Gasteiger partial charge in [-0.15, -0.1) is 11.8 Å². The van der Waals surface area contributed by atoms with Crippen LogP contribution >= 0.6 is 11.8 Å².